The van der Waals surface area contributed by atoms with Crippen molar-refractivity contribution in [1.82, 2.24) is 9.88 Å². The second-order valence-corrected chi connectivity index (χ2v) is 6.11. The van der Waals surface area contributed by atoms with E-state index < -0.39 is 0 Å². The minimum absolute atomic E-state index is 0.551. The molecule has 2 nitrogen and oxygen atoms in total. The molecule has 17 heavy (non-hydrogen) atoms. The van der Waals surface area contributed by atoms with E-state index in [0.717, 1.165) is 6.42 Å². The highest BCUT2D eigenvalue weighted by molar-refractivity contribution is 6.29. The number of halogens is 1. The monoisotopic (exact) mass is 250 g/mol. The van der Waals surface area contributed by atoms with E-state index in [0.29, 0.717) is 10.6 Å². The predicted octanol–water partition coefficient (Wildman–Crippen LogP) is 2.94. The lowest BCUT2D eigenvalue weighted by Crippen LogP contribution is -2.41. The van der Waals surface area contributed by atoms with Crippen molar-refractivity contribution in [3.8, 4) is 0 Å². The maximum absolute atomic E-state index is 5.96. The minimum atomic E-state index is 0.551. The summed E-state index contributed by atoms with van der Waals surface area (Å²) in [6, 6.07) is 4.12. The molecular formula is C14H19ClN2. The molecule has 0 radical (unpaired) electrons. The van der Waals surface area contributed by atoms with Gasteiger partial charge in [-0.15, -0.1) is 0 Å². The first-order valence-electron chi connectivity index (χ1n) is 6.50. The summed E-state index contributed by atoms with van der Waals surface area (Å²) in [4.78, 5) is 6.91. The molecule has 3 rings (SSSR count). The zero-order valence-electron chi connectivity index (χ0n) is 10.4. The van der Waals surface area contributed by atoms with Crippen LogP contribution >= 0.6 is 11.6 Å². The number of piperidine rings is 1. The van der Waals surface area contributed by atoms with Gasteiger partial charge in [-0.05, 0) is 69.3 Å². The average Bonchev–Trinajstić information content (AvgIpc) is 2.34. The van der Waals surface area contributed by atoms with Gasteiger partial charge in [0.2, 0.25) is 0 Å². The van der Waals surface area contributed by atoms with Gasteiger partial charge in [0, 0.05) is 5.69 Å². The van der Waals surface area contributed by atoms with E-state index in [4.69, 9.17) is 11.6 Å². The first-order valence-corrected chi connectivity index (χ1v) is 6.88. The summed E-state index contributed by atoms with van der Waals surface area (Å²) >= 11 is 5.96. The number of rotatable bonds is 0. The van der Waals surface area contributed by atoms with E-state index in [-0.39, 0.29) is 0 Å². The highest BCUT2D eigenvalue weighted by Gasteiger charge is 2.37. The highest BCUT2D eigenvalue weighted by Crippen LogP contribution is 2.42. The Hall–Kier alpha value is -0.600. The molecular weight excluding hydrogens is 232 g/mol. The van der Waals surface area contributed by atoms with E-state index in [2.05, 4.69) is 23.0 Å². The summed E-state index contributed by atoms with van der Waals surface area (Å²) in [5.41, 5.74) is 3.22. The van der Waals surface area contributed by atoms with Gasteiger partial charge in [0.25, 0.3) is 0 Å². The molecule has 0 aromatic carbocycles. The third kappa shape index (κ3) is 2.21. The molecule has 92 valence electrons. The van der Waals surface area contributed by atoms with Crippen LogP contribution in [-0.4, -0.2) is 30.0 Å². The molecule has 1 aliphatic carbocycles. The lowest BCUT2D eigenvalue weighted by Gasteiger charge is -2.43. The molecule has 0 N–H and O–H groups in total. The smallest absolute Gasteiger partial charge is 0.129 e. The van der Waals surface area contributed by atoms with Crippen molar-refractivity contribution < 1.29 is 0 Å². The van der Waals surface area contributed by atoms with Gasteiger partial charge < -0.3 is 4.90 Å². The molecule has 2 heterocycles. The summed E-state index contributed by atoms with van der Waals surface area (Å²) in [6.07, 6.45) is 6.29. The molecule has 0 unspecified atom stereocenters. The van der Waals surface area contributed by atoms with Crippen molar-refractivity contribution in [2.45, 2.75) is 32.1 Å². The van der Waals surface area contributed by atoms with Crippen LogP contribution in [0.5, 0.6) is 0 Å². The molecule has 0 atom stereocenters. The lowest BCUT2D eigenvalue weighted by atomic mass is 9.67. The van der Waals surface area contributed by atoms with Crippen molar-refractivity contribution in [2.75, 3.05) is 20.1 Å². The molecule has 0 amide bonds. The number of hydrogen-bond acceptors (Lipinski definition) is 2. The molecule has 0 bridgehead atoms. The van der Waals surface area contributed by atoms with Crippen molar-refractivity contribution >= 4 is 11.6 Å². The second kappa shape index (κ2) is 4.25. The second-order valence-electron chi connectivity index (χ2n) is 5.72. The average molecular weight is 251 g/mol. The normalized spacial score (nSPS) is 23.6. The van der Waals surface area contributed by atoms with E-state index >= 15 is 0 Å². The van der Waals surface area contributed by atoms with E-state index in [1.54, 1.807) is 0 Å². The molecule has 0 saturated carbocycles. The molecule has 1 aliphatic heterocycles. The summed E-state index contributed by atoms with van der Waals surface area (Å²) in [5.74, 6) is 0. The Morgan fingerprint density at radius 2 is 2.00 bits per heavy atom. The van der Waals surface area contributed by atoms with Gasteiger partial charge >= 0.3 is 0 Å². The van der Waals surface area contributed by atoms with Crippen molar-refractivity contribution in [3.05, 3.63) is 28.5 Å². The molecule has 1 aromatic heterocycles. The largest absolute Gasteiger partial charge is 0.306 e. The van der Waals surface area contributed by atoms with Gasteiger partial charge in [-0.1, -0.05) is 17.7 Å². The van der Waals surface area contributed by atoms with Crippen LogP contribution in [0.2, 0.25) is 5.15 Å². The molecule has 1 fully saturated rings. The maximum atomic E-state index is 5.96. The molecule has 3 heteroatoms. The van der Waals surface area contributed by atoms with Crippen LogP contribution in [0.3, 0.4) is 0 Å². The zero-order valence-corrected chi connectivity index (χ0v) is 11.1. The van der Waals surface area contributed by atoms with Crippen LogP contribution in [0.4, 0.5) is 0 Å². The zero-order chi connectivity index (χ0) is 11.9. The Kier molecular flexibility index (Phi) is 2.87. The summed E-state index contributed by atoms with van der Waals surface area (Å²) in [6.45, 7) is 2.49. The van der Waals surface area contributed by atoms with Crippen LogP contribution in [-0.2, 0) is 12.8 Å². The van der Waals surface area contributed by atoms with Crippen LogP contribution in [0.25, 0.3) is 0 Å². The third-order valence-electron chi connectivity index (χ3n) is 4.54. The fourth-order valence-corrected chi connectivity index (χ4v) is 3.44. The third-order valence-corrected chi connectivity index (χ3v) is 4.75. The molecule has 1 spiro atoms. The number of aromatic nitrogens is 1. The van der Waals surface area contributed by atoms with Crippen molar-refractivity contribution in [1.29, 1.82) is 0 Å². The summed E-state index contributed by atoms with van der Waals surface area (Å²) in [7, 11) is 2.23. The first kappa shape index (κ1) is 11.5. The van der Waals surface area contributed by atoms with Crippen LogP contribution in [0.1, 0.15) is 30.5 Å². The van der Waals surface area contributed by atoms with Gasteiger partial charge in [-0.2, -0.15) is 0 Å². The van der Waals surface area contributed by atoms with Gasteiger partial charge in [-0.25, -0.2) is 4.98 Å². The van der Waals surface area contributed by atoms with Crippen molar-refractivity contribution in [3.63, 3.8) is 0 Å². The van der Waals surface area contributed by atoms with Gasteiger partial charge in [0.15, 0.2) is 0 Å². The Bertz CT molecular complexity index is 422. The quantitative estimate of drug-likeness (QED) is 0.659. The fourth-order valence-electron chi connectivity index (χ4n) is 3.28. The van der Waals surface area contributed by atoms with Crippen molar-refractivity contribution in [2.24, 2.45) is 5.41 Å². The molecule has 1 saturated heterocycles. The molecule has 2 aliphatic rings. The fraction of sp³-hybridized carbons (Fsp3) is 0.643. The maximum Gasteiger partial charge on any atom is 0.129 e. The number of aryl methyl sites for hydroxylation is 1. The van der Waals surface area contributed by atoms with Crippen LogP contribution in [0.15, 0.2) is 12.1 Å². The Morgan fingerprint density at radius 1 is 1.24 bits per heavy atom. The number of fused-ring (bicyclic) bond motifs is 1. The Labute approximate surface area is 108 Å². The van der Waals surface area contributed by atoms with E-state index in [9.17, 15) is 0 Å². The van der Waals surface area contributed by atoms with Crippen LogP contribution < -0.4 is 0 Å². The summed E-state index contributed by atoms with van der Waals surface area (Å²) < 4.78 is 0. The highest BCUT2D eigenvalue weighted by atomic mass is 35.5. The first-order chi connectivity index (χ1) is 8.17. The standard InChI is InChI=1S/C14H19ClN2/c1-17-8-6-14(7-9-17)5-4-12-11(10-14)2-3-13(15)16-12/h2-3H,4-10H2,1H3. The number of likely N-dealkylation sites (tertiary alicyclic amines) is 1. The van der Waals surface area contributed by atoms with Gasteiger partial charge in [0.05, 0.1) is 0 Å². The predicted molar refractivity (Wildman–Crippen MR) is 70.4 cm³/mol. The number of hydrogen-bond donors (Lipinski definition) is 0. The van der Waals surface area contributed by atoms with Crippen LogP contribution in [0, 0.1) is 5.41 Å². The van der Waals surface area contributed by atoms with Gasteiger partial charge in [-0.3, -0.25) is 0 Å². The lowest BCUT2D eigenvalue weighted by molar-refractivity contribution is 0.105. The Balaban J connectivity index is 1.83. The molecule has 1 aromatic rings. The van der Waals surface area contributed by atoms with E-state index in [1.165, 1.54) is 50.0 Å². The Morgan fingerprint density at radius 3 is 2.76 bits per heavy atom. The SMILES string of the molecule is CN1CCC2(CCc3nc(Cl)ccc3C2)CC1. The topological polar surface area (TPSA) is 16.1 Å². The minimum Gasteiger partial charge on any atom is -0.306 e. The number of nitrogens with zero attached hydrogens (tertiary/aromatic N) is 2. The van der Waals surface area contributed by atoms with E-state index in [1.807, 2.05) is 6.07 Å². The summed E-state index contributed by atoms with van der Waals surface area (Å²) in [5, 5.41) is 0.642. The van der Waals surface area contributed by atoms with Gasteiger partial charge in [0.1, 0.15) is 5.15 Å². The number of pyridine rings is 1.